The van der Waals surface area contributed by atoms with Crippen molar-refractivity contribution in [2.75, 3.05) is 28.2 Å². The number of amides is 1. The van der Waals surface area contributed by atoms with Gasteiger partial charge in [-0.05, 0) is 54.7 Å². The molecule has 2 aliphatic heterocycles. The second-order valence-corrected chi connectivity index (χ2v) is 9.00. The van der Waals surface area contributed by atoms with Gasteiger partial charge in [0.15, 0.2) is 11.6 Å². The molecule has 5 rings (SSSR count). The molecule has 1 aromatic heterocycles. The number of alkyl halides is 3. The van der Waals surface area contributed by atoms with Crippen molar-refractivity contribution in [1.82, 2.24) is 9.97 Å². The van der Waals surface area contributed by atoms with E-state index in [1.165, 1.54) is 18.5 Å². The van der Waals surface area contributed by atoms with Crippen LogP contribution in [-0.2, 0) is 17.5 Å². The number of hydrogen-bond donors (Lipinski definition) is 1. The van der Waals surface area contributed by atoms with Crippen molar-refractivity contribution in [3.05, 3.63) is 77.4 Å². The topological polar surface area (TPSA) is 61.4 Å². The first kappa shape index (κ1) is 24.0. The van der Waals surface area contributed by atoms with Gasteiger partial charge in [-0.15, -0.1) is 0 Å². The van der Waals surface area contributed by atoms with Crippen LogP contribution in [0.3, 0.4) is 0 Å². The summed E-state index contributed by atoms with van der Waals surface area (Å²) in [5.74, 6) is -0.353. The number of benzene rings is 2. The monoisotopic (exact) mass is 499 g/mol. The lowest BCUT2D eigenvalue weighted by Crippen LogP contribution is -2.25. The van der Waals surface area contributed by atoms with Gasteiger partial charge in [-0.25, -0.2) is 9.97 Å². The summed E-state index contributed by atoms with van der Waals surface area (Å²) in [5.41, 5.74) is 1.66. The minimum absolute atomic E-state index is 0.0423. The summed E-state index contributed by atoms with van der Waals surface area (Å²) in [6.07, 6.45) is -0.306. The van der Waals surface area contributed by atoms with E-state index < -0.39 is 17.6 Å². The molecule has 2 aromatic carbocycles. The minimum Gasteiger partial charge on any atom is -0.363 e. The Morgan fingerprint density at radius 1 is 1.03 bits per heavy atom. The number of anilines is 3. The third-order valence-corrected chi connectivity index (χ3v) is 6.67. The zero-order valence-electron chi connectivity index (χ0n) is 19.4. The van der Waals surface area contributed by atoms with Crippen LogP contribution in [0.15, 0.2) is 54.9 Å². The lowest BCUT2D eigenvalue weighted by Gasteiger charge is -2.27. The number of halogens is 4. The summed E-state index contributed by atoms with van der Waals surface area (Å²) in [6, 6.07) is 12.3. The van der Waals surface area contributed by atoms with E-state index in [2.05, 4.69) is 15.3 Å². The quantitative estimate of drug-likeness (QED) is 0.440. The molecule has 10 heteroatoms. The van der Waals surface area contributed by atoms with E-state index in [9.17, 15) is 18.0 Å². The van der Waals surface area contributed by atoms with Crippen molar-refractivity contribution in [2.24, 2.45) is 0 Å². The summed E-state index contributed by atoms with van der Waals surface area (Å²) >= 11 is 0. The van der Waals surface area contributed by atoms with Gasteiger partial charge in [-0.1, -0.05) is 24.3 Å². The lowest BCUT2D eigenvalue weighted by atomic mass is 10.0. The zero-order valence-corrected chi connectivity index (χ0v) is 19.4. The van der Waals surface area contributed by atoms with Crippen LogP contribution in [0.5, 0.6) is 0 Å². The van der Waals surface area contributed by atoms with Crippen molar-refractivity contribution in [3.8, 4) is 0 Å². The van der Waals surface area contributed by atoms with E-state index in [0.29, 0.717) is 38.0 Å². The summed E-state index contributed by atoms with van der Waals surface area (Å²) in [5, 5.41) is 3.02. The molecule has 0 aliphatic carbocycles. The molecule has 1 unspecified atom stereocenters. The van der Waals surface area contributed by atoms with Crippen LogP contribution in [0.25, 0.3) is 0 Å². The standard InChI is InChI=1S/C26H25F4N5O/c27-23-24(31-15-17-4-1-5-20(14-17)34-12-3-7-22(34)36)32-16-33-25(23)35-13-2-6-21(35)18-8-10-19(11-9-18)26(28,29)30/h1,4-5,8-11,14,16,21H,2-3,6-7,12-13,15H2,(H,31,32,33). The Kier molecular flexibility index (Phi) is 6.51. The van der Waals surface area contributed by atoms with Gasteiger partial charge in [0, 0.05) is 31.7 Å². The number of hydrogen-bond acceptors (Lipinski definition) is 5. The Morgan fingerprint density at radius 2 is 1.83 bits per heavy atom. The van der Waals surface area contributed by atoms with E-state index in [1.807, 2.05) is 24.3 Å². The largest absolute Gasteiger partial charge is 0.416 e. The molecule has 2 aliphatic rings. The average Bonchev–Trinajstić information content (AvgIpc) is 3.52. The van der Waals surface area contributed by atoms with Crippen molar-refractivity contribution >= 4 is 23.2 Å². The fourth-order valence-corrected chi connectivity index (χ4v) is 4.89. The first-order valence-electron chi connectivity index (χ1n) is 11.9. The molecule has 2 saturated heterocycles. The van der Waals surface area contributed by atoms with Crippen LogP contribution in [0.4, 0.5) is 34.9 Å². The second kappa shape index (κ2) is 9.75. The Labute approximate surface area is 206 Å². The Bertz CT molecular complexity index is 1250. The SMILES string of the molecule is O=C1CCCN1c1cccc(CNc2ncnc(N3CCCC3c3ccc(C(F)(F)F)cc3)c2F)c1. The minimum atomic E-state index is -4.41. The highest BCUT2D eigenvalue weighted by molar-refractivity contribution is 5.95. The molecule has 6 nitrogen and oxygen atoms in total. The lowest BCUT2D eigenvalue weighted by molar-refractivity contribution is -0.137. The number of rotatable bonds is 6. The van der Waals surface area contributed by atoms with Crippen LogP contribution >= 0.6 is 0 Å². The molecule has 0 radical (unpaired) electrons. The highest BCUT2D eigenvalue weighted by Crippen LogP contribution is 2.38. The molecule has 36 heavy (non-hydrogen) atoms. The maximum absolute atomic E-state index is 15.5. The molecule has 1 N–H and O–H groups in total. The van der Waals surface area contributed by atoms with Crippen molar-refractivity contribution in [1.29, 1.82) is 0 Å². The molecule has 1 amide bonds. The number of nitrogens with zero attached hydrogens (tertiary/aromatic N) is 4. The Morgan fingerprint density at radius 3 is 2.56 bits per heavy atom. The molecular formula is C26H25F4N5O. The van der Waals surface area contributed by atoms with Gasteiger partial charge >= 0.3 is 6.18 Å². The van der Waals surface area contributed by atoms with E-state index >= 15 is 4.39 Å². The normalized spacial score (nSPS) is 18.2. The van der Waals surface area contributed by atoms with Gasteiger partial charge in [0.1, 0.15) is 6.33 Å². The van der Waals surface area contributed by atoms with Crippen LogP contribution in [-0.4, -0.2) is 29.0 Å². The maximum atomic E-state index is 15.5. The fraction of sp³-hybridized carbons (Fsp3) is 0.346. The maximum Gasteiger partial charge on any atom is 0.416 e. The molecular weight excluding hydrogens is 474 g/mol. The van der Waals surface area contributed by atoms with Crippen LogP contribution in [0.2, 0.25) is 0 Å². The molecule has 0 spiro atoms. The molecule has 188 valence electrons. The fourth-order valence-electron chi connectivity index (χ4n) is 4.89. The molecule has 3 heterocycles. The van der Waals surface area contributed by atoms with Crippen LogP contribution < -0.4 is 15.1 Å². The predicted molar refractivity (Wildman–Crippen MR) is 128 cm³/mol. The molecule has 0 bridgehead atoms. The Hall–Kier alpha value is -3.69. The molecule has 3 aromatic rings. The number of aromatic nitrogens is 2. The van der Waals surface area contributed by atoms with Gasteiger partial charge in [-0.3, -0.25) is 4.79 Å². The average molecular weight is 500 g/mol. The van der Waals surface area contributed by atoms with Crippen molar-refractivity contribution in [3.63, 3.8) is 0 Å². The predicted octanol–water partition coefficient (Wildman–Crippen LogP) is 5.71. The summed E-state index contributed by atoms with van der Waals surface area (Å²) in [4.78, 5) is 23.8. The van der Waals surface area contributed by atoms with E-state index in [1.54, 1.807) is 9.80 Å². The summed E-state index contributed by atoms with van der Waals surface area (Å²) in [7, 11) is 0. The van der Waals surface area contributed by atoms with Gasteiger partial charge < -0.3 is 15.1 Å². The number of carbonyl (C=O) groups is 1. The molecule has 2 fully saturated rings. The molecule has 1 atom stereocenters. The van der Waals surface area contributed by atoms with E-state index in [4.69, 9.17) is 0 Å². The van der Waals surface area contributed by atoms with Gasteiger partial charge in [0.25, 0.3) is 0 Å². The molecule has 0 saturated carbocycles. The summed E-state index contributed by atoms with van der Waals surface area (Å²) < 4.78 is 54.3. The first-order valence-corrected chi connectivity index (χ1v) is 11.9. The highest BCUT2D eigenvalue weighted by Gasteiger charge is 2.33. The highest BCUT2D eigenvalue weighted by atomic mass is 19.4. The van der Waals surface area contributed by atoms with Crippen molar-refractivity contribution in [2.45, 2.75) is 44.4 Å². The number of carbonyl (C=O) groups excluding carboxylic acids is 1. The van der Waals surface area contributed by atoms with Gasteiger partial charge in [0.2, 0.25) is 11.7 Å². The second-order valence-electron chi connectivity index (χ2n) is 9.00. The van der Waals surface area contributed by atoms with Crippen molar-refractivity contribution < 1.29 is 22.4 Å². The van der Waals surface area contributed by atoms with Gasteiger partial charge in [0.05, 0.1) is 11.6 Å². The third kappa shape index (κ3) is 4.84. The van der Waals surface area contributed by atoms with Crippen LogP contribution in [0, 0.1) is 5.82 Å². The smallest absolute Gasteiger partial charge is 0.363 e. The Balaban J connectivity index is 1.32. The third-order valence-electron chi connectivity index (χ3n) is 6.67. The van der Waals surface area contributed by atoms with E-state index in [-0.39, 0.29) is 23.6 Å². The summed E-state index contributed by atoms with van der Waals surface area (Å²) in [6.45, 7) is 1.52. The first-order chi connectivity index (χ1) is 17.3. The van der Waals surface area contributed by atoms with E-state index in [0.717, 1.165) is 36.2 Å². The van der Waals surface area contributed by atoms with Gasteiger partial charge in [-0.2, -0.15) is 17.6 Å². The van der Waals surface area contributed by atoms with Crippen LogP contribution in [0.1, 0.15) is 48.4 Å². The zero-order chi connectivity index (χ0) is 25.3. The number of nitrogens with one attached hydrogen (secondary N) is 1.